The molecule has 88 valence electrons. The first-order valence-corrected chi connectivity index (χ1v) is 6.94. The molecule has 0 aliphatic rings. The summed E-state index contributed by atoms with van der Waals surface area (Å²) in [4.78, 5) is 10.8. The van der Waals surface area contributed by atoms with Crippen molar-refractivity contribution in [1.82, 2.24) is 0 Å². The molecule has 4 nitrogen and oxygen atoms in total. The molecule has 1 aromatic rings. The van der Waals surface area contributed by atoms with Gasteiger partial charge in [0.1, 0.15) is 5.78 Å². The number of ketones is 1. The van der Waals surface area contributed by atoms with Crippen molar-refractivity contribution in [2.24, 2.45) is 0 Å². The predicted octanol–water partition coefficient (Wildman–Crippen LogP) is 1.36. The van der Waals surface area contributed by atoms with Crippen LogP contribution in [0, 0.1) is 0 Å². The average molecular weight is 240 g/mol. The smallest absolute Gasteiger partial charge is 0.148 e. The molecule has 0 spiro atoms. The maximum absolute atomic E-state index is 11.4. The number of rotatable bonds is 5. The standard InChI is InChI=1S/C11H16N2O2S/c1-9(14)8-12-10-5-4-6-11(7-10)13-16(2,3)15/h4-7,12H,2,8H2,1,3H3,(H,13,15). The van der Waals surface area contributed by atoms with Gasteiger partial charge < -0.3 is 10.0 Å². The van der Waals surface area contributed by atoms with E-state index in [0.717, 1.165) is 11.4 Å². The largest absolute Gasteiger partial charge is 0.378 e. The lowest BCUT2D eigenvalue weighted by Gasteiger charge is -2.10. The van der Waals surface area contributed by atoms with E-state index in [4.69, 9.17) is 0 Å². The molecular weight excluding hydrogens is 224 g/mol. The highest BCUT2D eigenvalue weighted by Crippen LogP contribution is 2.15. The van der Waals surface area contributed by atoms with Gasteiger partial charge in [-0.2, -0.15) is 0 Å². The Morgan fingerprint density at radius 1 is 1.44 bits per heavy atom. The second kappa shape index (κ2) is 5.03. The second-order valence-electron chi connectivity index (χ2n) is 3.74. The average Bonchev–Trinajstić information content (AvgIpc) is 2.12. The summed E-state index contributed by atoms with van der Waals surface area (Å²) in [5.74, 6) is 3.58. The molecule has 5 heteroatoms. The minimum atomic E-state index is -2.27. The zero-order valence-electron chi connectivity index (χ0n) is 9.45. The molecule has 0 aliphatic heterocycles. The molecule has 0 aromatic heterocycles. The number of anilines is 2. The maximum atomic E-state index is 11.4. The zero-order chi connectivity index (χ0) is 12.2. The van der Waals surface area contributed by atoms with Crippen LogP contribution in [0.1, 0.15) is 6.92 Å². The van der Waals surface area contributed by atoms with E-state index in [1.54, 1.807) is 12.1 Å². The highest BCUT2D eigenvalue weighted by atomic mass is 32.2. The van der Waals surface area contributed by atoms with Gasteiger partial charge in [0.15, 0.2) is 0 Å². The highest BCUT2D eigenvalue weighted by molar-refractivity contribution is 8.00. The van der Waals surface area contributed by atoms with Crippen molar-refractivity contribution in [3.63, 3.8) is 0 Å². The van der Waals surface area contributed by atoms with E-state index in [-0.39, 0.29) is 12.3 Å². The Bertz CT molecular complexity index is 481. The van der Waals surface area contributed by atoms with Crippen molar-refractivity contribution in [3.8, 4) is 0 Å². The summed E-state index contributed by atoms with van der Waals surface area (Å²) in [6, 6.07) is 7.25. The fourth-order valence-corrected chi connectivity index (χ4v) is 1.79. The molecule has 16 heavy (non-hydrogen) atoms. The Hall–Kier alpha value is -1.49. The lowest BCUT2D eigenvalue weighted by Crippen LogP contribution is -2.11. The summed E-state index contributed by atoms with van der Waals surface area (Å²) in [7, 11) is -2.27. The molecule has 1 atom stereocenters. The number of carbonyl (C=O) groups is 1. The van der Waals surface area contributed by atoms with Crippen LogP contribution in [0.5, 0.6) is 0 Å². The highest BCUT2D eigenvalue weighted by Gasteiger charge is 1.99. The quantitative estimate of drug-likeness (QED) is 0.764. The third-order valence-corrected chi connectivity index (χ3v) is 2.41. The minimum Gasteiger partial charge on any atom is -0.378 e. The number of carbonyl (C=O) groups excluding carboxylic acids is 1. The normalized spacial score (nSPS) is 13.9. The third kappa shape index (κ3) is 4.84. The first-order chi connectivity index (χ1) is 7.37. The second-order valence-corrected chi connectivity index (χ2v) is 5.96. The van der Waals surface area contributed by atoms with Crippen LogP contribution in [0.3, 0.4) is 0 Å². The van der Waals surface area contributed by atoms with Crippen LogP contribution >= 0.6 is 0 Å². The van der Waals surface area contributed by atoms with E-state index in [9.17, 15) is 9.00 Å². The predicted molar refractivity (Wildman–Crippen MR) is 70.4 cm³/mol. The monoisotopic (exact) mass is 240 g/mol. The number of nitrogens with one attached hydrogen (secondary N) is 2. The summed E-state index contributed by atoms with van der Waals surface area (Å²) in [6.07, 6.45) is 1.53. The van der Waals surface area contributed by atoms with Gasteiger partial charge in [0, 0.05) is 27.3 Å². The zero-order valence-corrected chi connectivity index (χ0v) is 10.3. The van der Waals surface area contributed by atoms with E-state index in [2.05, 4.69) is 15.9 Å². The fourth-order valence-electron chi connectivity index (χ4n) is 1.17. The maximum Gasteiger partial charge on any atom is 0.148 e. The molecule has 0 heterocycles. The molecule has 1 rings (SSSR count). The van der Waals surface area contributed by atoms with E-state index in [1.807, 2.05) is 12.1 Å². The Kier molecular flexibility index (Phi) is 3.95. The lowest BCUT2D eigenvalue weighted by molar-refractivity contribution is -0.115. The Balaban J connectivity index is 2.75. The first-order valence-electron chi connectivity index (χ1n) is 4.80. The summed E-state index contributed by atoms with van der Waals surface area (Å²) in [5.41, 5.74) is 1.53. The van der Waals surface area contributed by atoms with Gasteiger partial charge in [0.05, 0.1) is 6.54 Å². The molecule has 0 saturated carbocycles. The summed E-state index contributed by atoms with van der Waals surface area (Å²) in [5, 5.41) is 2.97. The van der Waals surface area contributed by atoms with Crippen LogP contribution in [0.15, 0.2) is 24.3 Å². The van der Waals surface area contributed by atoms with Gasteiger partial charge in [-0.3, -0.25) is 4.79 Å². The minimum absolute atomic E-state index is 0.0646. The third-order valence-electron chi connectivity index (χ3n) is 1.74. The summed E-state index contributed by atoms with van der Waals surface area (Å²) >= 11 is 0. The molecule has 1 unspecified atom stereocenters. The molecule has 0 radical (unpaired) electrons. The van der Waals surface area contributed by atoms with Crippen molar-refractivity contribution in [3.05, 3.63) is 24.3 Å². The topological polar surface area (TPSA) is 58.2 Å². The van der Waals surface area contributed by atoms with Crippen LogP contribution in [0.4, 0.5) is 11.4 Å². The van der Waals surface area contributed by atoms with Gasteiger partial charge in [-0.1, -0.05) is 6.07 Å². The van der Waals surface area contributed by atoms with Gasteiger partial charge >= 0.3 is 0 Å². The molecule has 0 saturated heterocycles. The first kappa shape index (κ1) is 12.6. The van der Waals surface area contributed by atoms with Gasteiger partial charge in [0.2, 0.25) is 0 Å². The van der Waals surface area contributed by atoms with Crippen LogP contribution < -0.4 is 10.0 Å². The summed E-state index contributed by atoms with van der Waals surface area (Å²) in [6.45, 7) is 1.80. The van der Waals surface area contributed by atoms with E-state index >= 15 is 0 Å². The van der Waals surface area contributed by atoms with Gasteiger partial charge in [-0.05, 0) is 31.0 Å². The van der Waals surface area contributed by atoms with Crippen molar-refractivity contribution >= 4 is 32.7 Å². The molecule has 2 N–H and O–H groups in total. The van der Waals surface area contributed by atoms with Gasteiger partial charge in [0.25, 0.3) is 0 Å². The summed E-state index contributed by atoms with van der Waals surface area (Å²) < 4.78 is 14.2. The molecular formula is C11H16N2O2S. The van der Waals surface area contributed by atoms with Crippen LogP contribution in [-0.4, -0.2) is 28.7 Å². The Morgan fingerprint density at radius 2 is 2.06 bits per heavy atom. The number of hydrogen-bond donors (Lipinski definition) is 2. The molecule has 0 aliphatic carbocycles. The fraction of sp³-hybridized carbons (Fsp3) is 0.273. The van der Waals surface area contributed by atoms with Crippen LogP contribution in [0.25, 0.3) is 0 Å². The number of benzene rings is 1. The van der Waals surface area contributed by atoms with Crippen molar-refractivity contribution in [1.29, 1.82) is 0 Å². The van der Waals surface area contributed by atoms with Crippen molar-refractivity contribution in [2.75, 3.05) is 22.8 Å². The SMILES string of the molecule is C=S(C)(=O)Nc1cccc(NCC(C)=O)c1. The van der Waals surface area contributed by atoms with E-state index in [0.29, 0.717) is 0 Å². The molecule has 0 fully saturated rings. The molecule has 1 aromatic carbocycles. The van der Waals surface area contributed by atoms with Gasteiger partial charge in [-0.25, -0.2) is 4.21 Å². The lowest BCUT2D eigenvalue weighted by atomic mass is 10.3. The number of Topliss-reactive ketones (excluding diaryl/α,β-unsaturated/α-hetero) is 1. The van der Waals surface area contributed by atoms with Crippen LogP contribution in [0.2, 0.25) is 0 Å². The van der Waals surface area contributed by atoms with E-state index < -0.39 is 9.71 Å². The van der Waals surface area contributed by atoms with Gasteiger partial charge in [-0.15, -0.1) is 0 Å². The van der Waals surface area contributed by atoms with E-state index in [1.165, 1.54) is 13.2 Å². The van der Waals surface area contributed by atoms with Crippen molar-refractivity contribution < 1.29 is 9.00 Å². The Labute approximate surface area is 96.2 Å². The molecule has 0 amide bonds. The Morgan fingerprint density at radius 3 is 2.62 bits per heavy atom. The van der Waals surface area contributed by atoms with Crippen LogP contribution in [-0.2, 0) is 14.5 Å². The number of hydrogen-bond acceptors (Lipinski definition) is 3. The molecule has 0 bridgehead atoms. The van der Waals surface area contributed by atoms with Crippen molar-refractivity contribution in [2.45, 2.75) is 6.92 Å².